The second-order valence-electron chi connectivity index (χ2n) is 5.36. The van der Waals surface area contributed by atoms with E-state index < -0.39 is 10.0 Å². The molecular weight excluding hydrogens is 390 g/mol. The normalized spacial score (nSPS) is 11.5. The highest BCUT2D eigenvalue weighted by Gasteiger charge is 2.25. The minimum absolute atomic E-state index is 0.200. The predicted octanol–water partition coefficient (Wildman–Crippen LogP) is 4.05. The Bertz CT molecular complexity index is 982. The Balaban J connectivity index is 2.04. The molecule has 0 saturated carbocycles. The van der Waals surface area contributed by atoms with Crippen molar-refractivity contribution < 1.29 is 8.42 Å². The first kappa shape index (κ1) is 16.7. The molecule has 1 heterocycles. The van der Waals surface area contributed by atoms with E-state index in [4.69, 9.17) is 0 Å². The summed E-state index contributed by atoms with van der Waals surface area (Å²) in [4.78, 5) is 0.200. The van der Waals surface area contributed by atoms with Crippen LogP contribution in [-0.4, -0.2) is 18.2 Å². The Morgan fingerprint density at radius 2 is 1.75 bits per heavy atom. The number of aromatic nitrogens is 2. The van der Waals surface area contributed by atoms with Gasteiger partial charge in [-0.25, -0.2) is 13.1 Å². The largest absolute Gasteiger partial charge is 0.279 e. The maximum absolute atomic E-state index is 12.8. The van der Waals surface area contributed by atoms with E-state index >= 15 is 0 Å². The van der Waals surface area contributed by atoms with Crippen LogP contribution in [-0.2, 0) is 10.0 Å². The van der Waals surface area contributed by atoms with E-state index in [1.165, 1.54) is 0 Å². The molecule has 0 aliphatic heterocycles. The molecule has 0 fully saturated rings. The molecule has 0 aliphatic carbocycles. The zero-order valence-electron chi connectivity index (χ0n) is 13.2. The van der Waals surface area contributed by atoms with Gasteiger partial charge in [0.1, 0.15) is 4.90 Å². The number of hydrogen-bond acceptors (Lipinski definition) is 3. The van der Waals surface area contributed by atoms with Gasteiger partial charge in [-0.3, -0.25) is 4.72 Å². The number of hydrogen-bond donors (Lipinski definition) is 1. The molecule has 0 aliphatic rings. The van der Waals surface area contributed by atoms with Gasteiger partial charge in [0.15, 0.2) is 0 Å². The van der Waals surface area contributed by atoms with Crippen LogP contribution in [0.3, 0.4) is 0 Å². The first-order chi connectivity index (χ1) is 11.4. The summed E-state index contributed by atoms with van der Waals surface area (Å²) in [5, 5.41) is 4.39. The Morgan fingerprint density at radius 3 is 2.42 bits per heavy atom. The highest BCUT2D eigenvalue weighted by atomic mass is 79.9. The van der Waals surface area contributed by atoms with Crippen molar-refractivity contribution in [1.29, 1.82) is 0 Å². The summed E-state index contributed by atoms with van der Waals surface area (Å²) >= 11 is 3.34. The minimum Gasteiger partial charge on any atom is -0.279 e. The van der Waals surface area contributed by atoms with Crippen molar-refractivity contribution in [2.45, 2.75) is 18.7 Å². The van der Waals surface area contributed by atoms with E-state index in [-0.39, 0.29) is 4.90 Å². The van der Waals surface area contributed by atoms with Crippen molar-refractivity contribution >= 4 is 31.6 Å². The van der Waals surface area contributed by atoms with E-state index in [9.17, 15) is 8.42 Å². The van der Waals surface area contributed by atoms with Gasteiger partial charge in [-0.2, -0.15) is 5.10 Å². The van der Waals surface area contributed by atoms with Gasteiger partial charge in [-0.05, 0) is 44.2 Å². The molecule has 0 amide bonds. The van der Waals surface area contributed by atoms with Gasteiger partial charge >= 0.3 is 0 Å². The third-order valence-corrected chi connectivity index (χ3v) is 5.70. The lowest BCUT2D eigenvalue weighted by atomic mass is 10.3. The zero-order valence-corrected chi connectivity index (χ0v) is 15.6. The van der Waals surface area contributed by atoms with E-state index in [2.05, 4.69) is 25.8 Å². The lowest BCUT2D eigenvalue weighted by Gasteiger charge is -2.09. The fourth-order valence-electron chi connectivity index (χ4n) is 2.60. The third kappa shape index (κ3) is 3.22. The Kier molecular flexibility index (Phi) is 4.47. The monoisotopic (exact) mass is 405 g/mol. The number of anilines is 1. The van der Waals surface area contributed by atoms with Gasteiger partial charge in [0.2, 0.25) is 0 Å². The maximum atomic E-state index is 12.8. The zero-order chi connectivity index (χ0) is 17.3. The molecule has 0 bridgehead atoms. The van der Waals surface area contributed by atoms with Gasteiger partial charge in [-0.1, -0.05) is 40.2 Å². The lowest BCUT2D eigenvalue weighted by Crippen LogP contribution is -2.15. The Hall–Kier alpha value is -2.12. The van der Waals surface area contributed by atoms with Crippen LogP contribution in [0.2, 0.25) is 0 Å². The molecule has 3 rings (SSSR count). The fourth-order valence-corrected chi connectivity index (χ4v) is 4.44. The van der Waals surface area contributed by atoms with Gasteiger partial charge < -0.3 is 0 Å². The summed E-state index contributed by atoms with van der Waals surface area (Å²) in [5.74, 6) is 0. The number of halogens is 1. The second-order valence-corrected chi connectivity index (χ2v) is 7.90. The van der Waals surface area contributed by atoms with E-state index in [1.807, 2.05) is 36.4 Å². The van der Waals surface area contributed by atoms with Crippen molar-refractivity contribution in [3.8, 4) is 5.69 Å². The summed E-state index contributed by atoms with van der Waals surface area (Å²) < 4.78 is 30.7. The molecule has 0 saturated heterocycles. The van der Waals surface area contributed by atoms with Crippen LogP contribution in [0.15, 0.2) is 64.0 Å². The minimum atomic E-state index is -3.73. The molecule has 3 aromatic rings. The summed E-state index contributed by atoms with van der Waals surface area (Å²) in [6, 6.07) is 16.5. The summed E-state index contributed by atoms with van der Waals surface area (Å²) in [6.45, 7) is 3.45. The van der Waals surface area contributed by atoms with Crippen LogP contribution in [0.4, 0.5) is 5.69 Å². The van der Waals surface area contributed by atoms with Crippen LogP contribution >= 0.6 is 15.9 Å². The average Bonchev–Trinajstić information content (AvgIpc) is 2.83. The van der Waals surface area contributed by atoms with Crippen LogP contribution in [0.1, 0.15) is 11.4 Å². The second kappa shape index (κ2) is 6.41. The van der Waals surface area contributed by atoms with Crippen molar-refractivity contribution in [3.63, 3.8) is 0 Å². The molecule has 124 valence electrons. The number of rotatable bonds is 4. The fraction of sp³-hybridized carbons (Fsp3) is 0.118. The van der Waals surface area contributed by atoms with E-state index in [1.54, 1.807) is 36.7 Å². The number of benzene rings is 2. The predicted molar refractivity (Wildman–Crippen MR) is 98.0 cm³/mol. The van der Waals surface area contributed by atoms with Gasteiger partial charge in [0, 0.05) is 10.2 Å². The number of nitrogens with zero attached hydrogens (tertiary/aromatic N) is 2. The van der Waals surface area contributed by atoms with Crippen molar-refractivity contribution in [3.05, 3.63) is 70.5 Å². The van der Waals surface area contributed by atoms with Gasteiger partial charge in [0.05, 0.1) is 17.1 Å². The Morgan fingerprint density at radius 1 is 1.04 bits per heavy atom. The lowest BCUT2D eigenvalue weighted by molar-refractivity contribution is 0.600. The number of aryl methyl sites for hydroxylation is 1. The van der Waals surface area contributed by atoms with Crippen LogP contribution in [0.25, 0.3) is 5.69 Å². The SMILES string of the molecule is Cc1nn(-c2ccccc2)c(C)c1S(=O)(=O)Nc1cccc(Br)c1. The van der Waals surface area contributed by atoms with Crippen LogP contribution in [0, 0.1) is 13.8 Å². The van der Waals surface area contributed by atoms with Gasteiger partial charge in [0.25, 0.3) is 10.0 Å². The molecule has 0 radical (unpaired) electrons. The number of sulfonamides is 1. The van der Waals surface area contributed by atoms with Crippen molar-refractivity contribution in [1.82, 2.24) is 9.78 Å². The molecule has 7 heteroatoms. The maximum Gasteiger partial charge on any atom is 0.265 e. The van der Waals surface area contributed by atoms with Crippen LogP contribution < -0.4 is 4.72 Å². The standard InChI is InChI=1S/C17H16BrN3O2S/c1-12-17(13(2)21(19-12)16-9-4-3-5-10-16)24(22,23)20-15-8-6-7-14(18)11-15/h3-11,20H,1-2H3. The molecule has 1 aromatic heterocycles. The van der Waals surface area contributed by atoms with Crippen molar-refractivity contribution in [2.24, 2.45) is 0 Å². The molecule has 0 spiro atoms. The smallest absolute Gasteiger partial charge is 0.265 e. The topological polar surface area (TPSA) is 64.0 Å². The van der Waals surface area contributed by atoms with Crippen LogP contribution in [0.5, 0.6) is 0 Å². The highest BCUT2D eigenvalue weighted by Crippen LogP contribution is 2.25. The third-order valence-electron chi connectivity index (χ3n) is 3.57. The molecular formula is C17H16BrN3O2S. The molecule has 2 aromatic carbocycles. The molecule has 5 nitrogen and oxygen atoms in total. The van der Waals surface area contributed by atoms with Gasteiger partial charge in [-0.15, -0.1) is 0 Å². The quantitative estimate of drug-likeness (QED) is 0.711. The first-order valence-corrected chi connectivity index (χ1v) is 9.56. The Labute approximate surface area is 149 Å². The summed E-state index contributed by atoms with van der Waals surface area (Å²) in [5.41, 5.74) is 2.35. The molecule has 1 N–H and O–H groups in total. The number of para-hydroxylation sites is 1. The molecule has 24 heavy (non-hydrogen) atoms. The van der Waals surface area contributed by atoms with E-state index in [0.29, 0.717) is 17.1 Å². The highest BCUT2D eigenvalue weighted by molar-refractivity contribution is 9.10. The van der Waals surface area contributed by atoms with Crippen molar-refractivity contribution in [2.75, 3.05) is 4.72 Å². The summed E-state index contributed by atoms with van der Waals surface area (Å²) in [7, 11) is -3.73. The average molecular weight is 406 g/mol. The summed E-state index contributed by atoms with van der Waals surface area (Å²) in [6.07, 6.45) is 0. The molecule has 0 atom stereocenters. The van der Waals surface area contributed by atoms with E-state index in [0.717, 1.165) is 10.2 Å². The number of nitrogens with one attached hydrogen (secondary N) is 1. The molecule has 0 unspecified atom stereocenters. The first-order valence-electron chi connectivity index (χ1n) is 7.28.